The van der Waals surface area contributed by atoms with Crippen LogP contribution in [0.15, 0.2) is 30.3 Å². The fraction of sp³-hybridized carbons (Fsp3) is 0.409. The van der Waals surface area contributed by atoms with Crippen molar-refractivity contribution in [2.24, 2.45) is 0 Å². The van der Waals surface area contributed by atoms with Crippen LogP contribution in [0.1, 0.15) is 43.9 Å². The molecule has 2 aromatic rings. The Morgan fingerprint density at radius 2 is 1.76 bits per heavy atom. The number of aromatic nitrogens is 2. The number of rotatable bonds is 10. The second-order valence-corrected chi connectivity index (χ2v) is 9.99. The van der Waals surface area contributed by atoms with Gasteiger partial charge in [-0.2, -0.15) is 0 Å². The number of aliphatic carboxylic acids is 1. The van der Waals surface area contributed by atoms with Crippen molar-refractivity contribution in [1.82, 2.24) is 9.97 Å². The van der Waals surface area contributed by atoms with Crippen LogP contribution in [0.2, 0.25) is 0 Å². The molecule has 0 radical (unpaired) electrons. The number of hydrogen-bond acceptors (Lipinski definition) is 7. The summed E-state index contributed by atoms with van der Waals surface area (Å²) in [4.78, 5) is 19.6. The van der Waals surface area contributed by atoms with Crippen molar-refractivity contribution in [3.05, 3.63) is 47.4 Å². The van der Waals surface area contributed by atoms with E-state index in [1.165, 1.54) is 43.5 Å². The molecular formula is C22H28CdFN3O6S+2. The Bertz CT molecular complexity index is 1130. The van der Waals surface area contributed by atoms with Gasteiger partial charge in [-0.1, -0.05) is 26.0 Å². The fourth-order valence-corrected chi connectivity index (χ4v) is 3.42. The molecule has 1 heterocycles. The predicted octanol–water partition coefficient (Wildman–Crippen LogP) is 2.40. The standard InChI is InChI=1S/C22H28FN3O6S.Cd/c1-13(2)20-18(10-9-16(27)11-17(28)12-19(29)30)21(14-5-7-15(23)8-6-14)25-22(24-20)26(3)33(4,31)32;/h5-10,13,16-17,27-28H,11-12H2,1-4H3,(H,29,30);/q;+2/b10-9+;/t16-,17-;/m1./s1. The van der Waals surface area contributed by atoms with Crippen molar-refractivity contribution in [1.29, 1.82) is 0 Å². The van der Waals surface area contributed by atoms with Crippen LogP contribution < -0.4 is 4.31 Å². The molecule has 12 heteroatoms. The third-order valence-corrected chi connectivity index (χ3v) is 5.97. The van der Waals surface area contributed by atoms with E-state index in [-0.39, 0.29) is 45.6 Å². The Morgan fingerprint density at radius 3 is 2.26 bits per heavy atom. The van der Waals surface area contributed by atoms with Gasteiger partial charge in [0.25, 0.3) is 0 Å². The SMILES string of the molecule is CC(C)c1nc(N(C)S(C)(=O)=O)nc(-c2ccc(F)cc2)c1/C=C/[C@@H](O)C[C@@H](O)CC(=O)O.[Cd+2]. The van der Waals surface area contributed by atoms with Crippen LogP contribution in [-0.2, 0) is 42.1 Å². The first-order valence-corrected chi connectivity index (χ1v) is 12.0. The smallest absolute Gasteiger partial charge is 0.481 e. The molecular weight excluding hydrogens is 566 g/mol. The number of sulfonamides is 1. The molecule has 1 aromatic carbocycles. The first-order chi connectivity index (χ1) is 15.3. The summed E-state index contributed by atoms with van der Waals surface area (Å²) >= 11 is 0. The Labute approximate surface area is 218 Å². The Hall–Kier alpha value is -1.97. The van der Waals surface area contributed by atoms with Gasteiger partial charge in [0.15, 0.2) is 0 Å². The summed E-state index contributed by atoms with van der Waals surface area (Å²) < 4.78 is 38.6. The van der Waals surface area contributed by atoms with E-state index in [2.05, 4.69) is 9.97 Å². The minimum Gasteiger partial charge on any atom is -0.481 e. The third kappa shape index (κ3) is 8.36. The fourth-order valence-electron chi connectivity index (χ4n) is 3.05. The quantitative estimate of drug-likeness (QED) is 0.357. The number of carbonyl (C=O) groups is 1. The minimum absolute atomic E-state index is 0. The Kier molecular flexibility index (Phi) is 11.2. The van der Waals surface area contributed by atoms with E-state index in [0.29, 0.717) is 22.5 Å². The maximum Gasteiger partial charge on any atom is 2.00 e. The van der Waals surface area contributed by atoms with Crippen molar-refractivity contribution in [3.63, 3.8) is 0 Å². The molecule has 0 unspecified atom stereocenters. The van der Waals surface area contributed by atoms with Crippen molar-refractivity contribution < 1.29 is 60.2 Å². The molecule has 0 aliphatic rings. The molecule has 3 N–H and O–H groups in total. The molecule has 0 aliphatic heterocycles. The van der Waals surface area contributed by atoms with Crippen LogP contribution in [0, 0.1) is 5.82 Å². The van der Waals surface area contributed by atoms with E-state index in [0.717, 1.165) is 10.6 Å². The van der Waals surface area contributed by atoms with E-state index in [1.807, 2.05) is 13.8 Å². The second kappa shape index (κ2) is 12.7. The van der Waals surface area contributed by atoms with E-state index in [1.54, 1.807) is 0 Å². The number of anilines is 1. The Morgan fingerprint density at radius 1 is 1.18 bits per heavy atom. The van der Waals surface area contributed by atoms with Crippen LogP contribution in [-0.4, -0.2) is 65.2 Å². The van der Waals surface area contributed by atoms with Crippen LogP contribution in [0.4, 0.5) is 10.3 Å². The molecule has 34 heavy (non-hydrogen) atoms. The Balaban J connectivity index is 0.00000578. The monoisotopic (exact) mass is 595 g/mol. The van der Waals surface area contributed by atoms with Gasteiger partial charge >= 0.3 is 33.3 Å². The number of benzene rings is 1. The van der Waals surface area contributed by atoms with Gasteiger partial charge in [-0.3, -0.25) is 4.79 Å². The zero-order chi connectivity index (χ0) is 24.9. The maximum absolute atomic E-state index is 13.5. The molecule has 1 aromatic heterocycles. The van der Waals surface area contributed by atoms with Gasteiger partial charge in [-0.05, 0) is 30.2 Å². The zero-order valence-electron chi connectivity index (χ0n) is 19.5. The van der Waals surface area contributed by atoms with Crippen LogP contribution in [0.25, 0.3) is 17.3 Å². The summed E-state index contributed by atoms with van der Waals surface area (Å²) in [6, 6.07) is 5.49. The van der Waals surface area contributed by atoms with Gasteiger partial charge in [0.05, 0.1) is 36.3 Å². The number of nitrogens with zero attached hydrogens (tertiary/aromatic N) is 3. The predicted molar refractivity (Wildman–Crippen MR) is 123 cm³/mol. The van der Waals surface area contributed by atoms with Crippen LogP contribution in [0.5, 0.6) is 0 Å². The van der Waals surface area contributed by atoms with E-state index in [4.69, 9.17) is 5.11 Å². The summed E-state index contributed by atoms with van der Waals surface area (Å²) in [7, 11) is -2.33. The molecule has 2 rings (SSSR count). The number of carboxylic acid groups (broad SMARTS) is 1. The van der Waals surface area contributed by atoms with Gasteiger partial charge in [-0.25, -0.2) is 27.1 Å². The van der Waals surface area contributed by atoms with Crippen LogP contribution in [0.3, 0.4) is 0 Å². The number of halogens is 1. The first-order valence-electron chi connectivity index (χ1n) is 10.2. The molecule has 0 bridgehead atoms. The second-order valence-electron chi connectivity index (χ2n) is 7.98. The van der Waals surface area contributed by atoms with E-state index in [9.17, 15) is 27.8 Å². The van der Waals surface area contributed by atoms with E-state index >= 15 is 0 Å². The van der Waals surface area contributed by atoms with Gasteiger partial charge in [0.1, 0.15) is 5.82 Å². The van der Waals surface area contributed by atoms with Crippen molar-refractivity contribution >= 4 is 28.0 Å². The summed E-state index contributed by atoms with van der Waals surface area (Å²) in [5, 5.41) is 28.8. The van der Waals surface area contributed by atoms with Crippen LogP contribution >= 0.6 is 0 Å². The van der Waals surface area contributed by atoms with Gasteiger partial charge in [0.2, 0.25) is 16.0 Å². The van der Waals surface area contributed by atoms with Crippen molar-refractivity contribution in [2.75, 3.05) is 17.6 Å². The molecule has 0 saturated carbocycles. The van der Waals surface area contributed by atoms with Crippen molar-refractivity contribution in [2.45, 2.75) is 44.8 Å². The average molecular weight is 594 g/mol. The molecule has 0 spiro atoms. The number of carboxylic acids is 1. The molecule has 0 aliphatic carbocycles. The average Bonchev–Trinajstić information content (AvgIpc) is 2.70. The normalized spacial score (nSPS) is 13.5. The number of aliphatic hydroxyl groups excluding tert-OH is 2. The molecule has 180 valence electrons. The van der Waals surface area contributed by atoms with Crippen molar-refractivity contribution in [3.8, 4) is 11.3 Å². The molecule has 9 nitrogen and oxygen atoms in total. The first kappa shape index (κ1) is 30.1. The topological polar surface area (TPSA) is 141 Å². The third-order valence-electron chi connectivity index (χ3n) is 4.82. The van der Waals surface area contributed by atoms with Gasteiger partial charge in [-0.15, -0.1) is 0 Å². The van der Waals surface area contributed by atoms with Gasteiger partial charge < -0.3 is 15.3 Å². The molecule has 2 atom stereocenters. The summed E-state index contributed by atoms with van der Waals surface area (Å²) in [5.41, 5.74) is 1.80. The minimum atomic E-state index is -3.65. The number of hydrogen-bond donors (Lipinski definition) is 3. The maximum atomic E-state index is 13.5. The molecule has 0 fully saturated rings. The van der Waals surface area contributed by atoms with Gasteiger partial charge in [0, 0.05) is 24.6 Å². The molecule has 0 amide bonds. The largest absolute Gasteiger partial charge is 2.00 e. The summed E-state index contributed by atoms with van der Waals surface area (Å²) in [5.74, 6) is -1.87. The summed E-state index contributed by atoms with van der Waals surface area (Å²) in [6.07, 6.45) is 0.860. The number of aliphatic hydroxyl groups is 2. The summed E-state index contributed by atoms with van der Waals surface area (Å²) in [6.45, 7) is 3.71. The molecule has 0 saturated heterocycles. The zero-order valence-corrected chi connectivity index (χ0v) is 24.4. The van der Waals surface area contributed by atoms with E-state index < -0.39 is 40.4 Å².